The van der Waals surface area contributed by atoms with Gasteiger partial charge in [0.25, 0.3) is 0 Å². The highest BCUT2D eigenvalue weighted by Gasteiger charge is 2.46. The molecule has 2 aromatic heterocycles. The summed E-state index contributed by atoms with van der Waals surface area (Å²) in [5.41, 5.74) is 12.5. The SMILES string of the molecule is c1ccc(C2(c3ccccc3)c3ccccc3-c3cc4c5cc6oc7ccccc7c6cc5n(-c5ccc6c(ccc7ccccc76)c5)c4cc32)cc1. The number of hydrogen-bond donors (Lipinski definition) is 0. The van der Waals surface area contributed by atoms with Gasteiger partial charge in [0.1, 0.15) is 11.2 Å². The Kier molecular flexibility index (Phi) is 5.73. The minimum absolute atomic E-state index is 0.490. The molecule has 0 radical (unpaired) electrons. The van der Waals surface area contributed by atoms with E-state index in [-0.39, 0.29) is 0 Å². The Labute approximate surface area is 305 Å². The van der Waals surface area contributed by atoms with E-state index in [2.05, 4.69) is 187 Å². The topological polar surface area (TPSA) is 18.1 Å². The van der Waals surface area contributed by atoms with Gasteiger partial charge in [0.15, 0.2) is 0 Å². The van der Waals surface area contributed by atoms with Gasteiger partial charge in [-0.15, -0.1) is 0 Å². The zero-order chi connectivity index (χ0) is 34.7. The molecule has 2 nitrogen and oxygen atoms in total. The fourth-order valence-electron chi connectivity index (χ4n) is 9.59. The van der Waals surface area contributed by atoms with Gasteiger partial charge in [0.05, 0.1) is 16.4 Å². The first-order valence-corrected chi connectivity index (χ1v) is 18.3. The van der Waals surface area contributed by atoms with Crippen molar-refractivity contribution in [2.24, 2.45) is 0 Å². The number of fused-ring (bicyclic) bond motifs is 12. The Bertz CT molecular complexity index is 3240. The number of hydrogen-bond acceptors (Lipinski definition) is 1. The van der Waals surface area contributed by atoms with E-state index in [1.54, 1.807) is 0 Å². The van der Waals surface area contributed by atoms with Crippen LogP contribution in [0.25, 0.3) is 82.1 Å². The Balaban J connectivity index is 1.25. The lowest BCUT2D eigenvalue weighted by Gasteiger charge is -2.34. The second-order valence-corrected chi connectivity index (χ2v) is 14.4. The maximum atomic E-state index is 6.51. The van der Waals surface area contributed by atoms with Crippen molar-refractivity contribution in [2.45, 2.75) is 5.41 Å². The third kappa shape index (κ3) is 3.82. The predicted octanol–water partition coefficient (Wildman–Crippen LogP) is 13.4. The van der Waals surface area contributed by atoms with Gasteiger partial charge in [-0.1, -0.05) is 146 Å². The highest BCUT2D eigenvalue weighted by atomic mass is 16.3. The van der Waals surface area contributed by atoms with E-state index in [9.17, 15) is 0 Å². The molecule has 0 atom stereocenters. The molecule has 0 aliphatic heterocycles. The molecule has 1 aliphatic rings. The van der Waals surface area contributed by atoms with Crippen LogP contribution in [0.1, 0.15) is 22.3 Å². The maximum Gasteiger partial charge on any atom is 0.136 e. The summed E-state index contributed by atoms with van der Waals surface area (Å²) in [6.07, 6.45) is 0. The van der Waals surface area contributed by atoms with Gasteiger partial charge in [-0.2, -0.15) is 0 Å². The van der Waals surface area contributed by atoms with Gasteiger partial charge >= 0.3 is 0 Å². The normalized spacial score (nSPS) is 13.4. The summed E-state index contributed by atoms with van der Waals surface area (Å²) in [6.45, 7) is 0. The van der Waals surface area contributed by atoms with E-state index >= 15 is 0 Å². The molecule has 0 amide bonds. The van der Waals surface area contributed by atoms with Crippen molar-refractivity contribution in [3.63, 3.8) is 0 Å². The summed E-state index contributed by atoms with van der Waals surface area (Å²) in [6, 6.07) is 69.2. The summed E-state index contributed by atoms with van der Waals surface area (Å²) in [5, 5.41) is 9.68. The van der Waals surface area contributed by atoms with E-state index in [0.29, 0.717) is 0 Å². The van der Waals surface area contributed by atoms with Crippen molar-refractivity contribution < 1.29 is 4.42 Å². The highest BCUT2D eigenvalue weighted by molar-refractivity contribution is 6.18. The first kappa shape index (κ1) is 28.8. The first-order valence-electron chi connectivity index (χ1n) is 18.3. The summed E-state index contributed by atoms with van der Waals surface area (Å²) >= 11 is 0. The van der Waals surface area contributed by atoms with Crippen molar-refractivity contribution in [3.8, 4) is 16.8 Å². The fourth-order valence-corrected chi connectivity index (χ4v) is 9.59. The average Bonchev–Trinajstić information content (AvgIpc) is 3.85. The van der Waals surface area contributed by atoms with Crippen molar-refractivity contribution in [2.75, 3.05) is 0 Å². The van der Waals surface area contributed by atoms with Crippen molar-refractivity contribution in [1.29, 1.82) is 0 Å². The molecule has 0 fully saturated rings. The largest absolute Gasteiger partial charge is 0.456 e. The quantitative estimate of drug-likeness (QED) is 0.171. The molecule has 0 N–H and O–H groups in total. The lowest BCUT2D eigenvalue weighted by molar-refractivity contribution is 0.669. The molecule has 11 aromatic rings. The third-order valence-corrected chi connectivity index (χ3v) is 11.8. The van der Waals surface area contributed by atoms with E-state index in [4.69, 9.17) is 4.42 Å². The highest BCUT2D eigenvalue weighted by Crippen LogP contribution is 2.57. The summed E-state index contributed by atoms with van der Waals surface area (Å²) in [7, 11) is 0. The van der Waals surface area contributed by atoms with Gasteiger partial charge in [-0.05, 0) is 97.4 Å². The molecule has 246 valence electrons. The fraction of sp³-hybridized carbons (Fsp3) is 0.0196. The Morgan fingerprint density at radius 3 is 1.83 bits per heavy atom. The molecule has 0 saturated carbocycles. The second kappa shape index (κ2) is 10.6. The van der Waals surface area contributed by atoms with E-state index in [0.717, 1.165) is 27.6 Å². The second-order valence-electron chi connectivity index (χ2n) is 14.4. The van der Waals surface area contributed by atoms with E-state index < -0.39 is 5.41 Å². The Morgan fingerprint density at radius 1 is 0.358 bits per heavy atom. The molecule has 2 heterocycles. The van der Waals surface area contributed by atoms with E-state index in [1.807, 2.05) is 6.07 Å². The molecule has 9 aromatic carbocycles. The van der Waals surface area contributed by atoms with Crippen LogP contribution in [0.3, 0.4) is 0 Å². The third-order valence-electron chi connectivity index (χ3n) is 11.8. The molecule has 12 rings (SSSR count). The zero-order valence-electron chi connectivity index (χ0n) is 28.8. The summed E-state index contributed by atoms with van der Waals surface area (Å²) in [5.74, 6) is 0. The van der Waals surface area contributed by atoms with Gasteiger partial charge < -0.3 is 8.98 Å². The molecule has 2 heteroatoms. The van der Waals surface area contributed by atoms with Gasteiger partial charge in [-0.25, -0.2) is 0 Å². The monoisotopic (exact) mass is 673 g/mol. The minimum atomic E-state index is -0.490. The van der Waals surface area contributed by atoms with Crippen molar-refractivity contribution >= 4 is 65.3 Å². The first-order chi connectivity index (χ1) is 26.3. The van der Waals surface area contributed by atoms with Crippen LogP contribution in [0.2, 0.25) is 0 Å². The molecule has 0 saturated heterocycles. The van der Waals surface area contributed by atoms with Crippen LogP contribution in [0.5, 0.6) is 0 Å². The Hall–Kier alpha value is -6.90. The van der Waals surface area contributed by atoms with Crippen LogP contribution in [0.4, 0.5) is 0 Å². The number of nitrogens with zero attached hydrogens (tertiary/aromatic N) is 1. The molecule has 1 aliphatic carbocycles. The van der Waals surface area contributed by atoms with Crippen LogP contribution < -0.4 is 0 Å². The van der Waals surface area contributed by atoms with Crippen molar-refractivity contribution in [1.82, 2.24) is 4.57 Å². The van der Waals surface area contributed by atoms with Gasteiger partial charge in [0.2, 0.25) is 0 Å². The number of para-hydroxylation sites is 1. The van der Waals surface area contributed by atoms with Crippen LogP contribution in [0, 0.1) is 0 Å². The lowest BCUT2D eigenvalue weighted by atomic mass is 9.67. The molecule has 53 heavy (non-hydrogen) atoms. The number of benzene rings is 9. The van der Waals surface area contributed by atoms with Crippen LogP contribution >= 0.6 is 0 Å². The molecule has 0 spiro atoms. The number of rotatable bonds is 3. The number of aromatic nitrogens is 1. The summed E-state index contributed by atoms with van der Waals surface area (Å²) < 4.78 is 9.00. The molecule has 0 bridgehead atoms. The van der Waals surface area contributed by atoms with Gasteiger partial charge in [-0.3, -0.25) is 0 Å². The smallest absolute Gasteiger partial charge is 0.136 e. The predicted molar refractivity (Wildman–Crippen MR) is 220 cm³/mol. The molecular weight excluding hydrogens is 643 g/mol. The van der Waals surface area contributed by atoms with E-state index in [1.165, 1.54) is 76.7 Å². The Morgan fingerprint density at radius 2 is 1.00 bits per heavy atom. The maximum absolute atomic E-state index is 6.51. The molecular formula is C51H31NO. The number of furan rings is 1. The van der Waals surface area contributed by atoms with Crippen LogP contribution in [0.15, 0.2) is 192 Å². The van der Waals surface area contributed by atoms with Crippen LogP contribution in [-0.2, 0) is 5.41 Å². The standard InChI is InChI=1S/C51H31NO/c1-3-14-34(15-4-1)51(35-16-5-2-6-17-35)45-21-11-9-19-39(45)41-28-42-43-30-50-44(40-20-10-12-22-49(40)53-50)29-47(43)52(48(42)31-46(41)51)36-25-26-38-33(27-36)24-23-32-13-7-8-18-37(32)38/h1-31H. The lowest BCUT2D eigenvalue weighted by Crippen LogP contribution is -2.28. The van der Waals surface area contributed by atoms with Gasteiger partial charge in [0, 0.05) is 27.2 Å². The van der Waals surface area contributed by atoms with Crippen molar-refractivity contribution in [3.05, 3.63) is 210 Å². The molecule has 0 unspecified atom stereocenters. The zero-order valence-corrected chi connectivity index (χ0v) is 28.8. The average molecular weight is 674 g/mol. The minimum Gasteiger partial charge on any atom is -0.456 e. The summed E-state index contributed by atoms with van der Waals surface area (Å²) in [4.78, 5) is 0. The van der Waals surface area contributed by atoms with Crippen LogP contribution in [-0.4, -0.2) is 4.57 Å².